The zero-order valence-electron chi connectivity index (χ0n) is 14.4. The molecule has 1 saturated carbocycles. The van der Waals surface area contributed by atoms with E-state index in [4.69, 9.17) is 4.52 Å². The number of carbonyl (C=O) groups excluding carboxylic acids is 1. The average Bonchev–Trinajstić information content (AvgIpc) is 2.84. The van der Waals surface area contributed by atoms with Gasteiger partial charge in [0.1, 0.15) is 5.76 Å². The quantitative estimate of drug-likeness (QED) is 0.848. The smallest absolute Gasteiger partial charge is 0.315 e. The Bertz CT molecular complexity index is 508. The first-order chi connectivity index (χ1) is 10.3. The summed E-state index contributed by atoms with van der Waals surface area (Å²) in [6.45, 7) is 11.4. The molecule has 0 aromatic carbocycles. The molecule has 1 aliphatic rings. The minimum Gasteiger partial charge on any atom is -0.361 e. The van der Waals surface area contributed by atoms with E-state index in [0.717, 1.165) is 30.7 Å². The van der Waals surface area contributed by atoms with Gasteiger partial charge in [0.2, 0.25) is 0 Å². The Morgan fingerprint density at radius 2 is 2.23 bits per heavy atom. The molecule has 1 aliphatic carbocycles. The number of nitrogens with one attached hydrogen (secondary N) is 2. The molecule has 2 atom stereocenters. The zero-order chi connectivity index (χ0) is 16.3. The maximum Gasteiger partial charge on any atom is 0.315 e. The van der Waals surface area contributed by atoms with Gasteiger partial charge in [-0.25, -0.2) is 4.79 Å². The standard InChI is InChI=1S/C17H29N3O2/c1-6-18-16(21)19-15-9-12(17(15,4)5)8-13-10-14(22-20-13)7-11(2)3/h10-12,15H,6-9H2,1-5H3,(H2,18,19,21)/t12-,15+/m1/s1. The predicted octanol–water partition coefficient (Wildman–Crippen LogP) is 3.15. The molecule has 5 heteroatoms. The second kappa shape index (κ2) is 6.71. The predicted molar refractivity (Wildman–Crippen MR) is 86.6 cm³/mol. The van der Waals surface area contributed by atoms with Gasteiger partial charge in [-0.3, -0.25) is 0 Å². The van der Waals surface area contributed by atoms with Crippen molar-refractivity contribution in [3.05, 3.63) is 17.5 Å². The Morgan fingerprint density at radius 1 is 1.50 bits per heavy atom. The fraction of sp³-hybridized carbons (Fsp3) is 0.765. The first-order valence-corrected chi connectivity index (χ1v) is 8.31. The van der Waals surface area contributed by atoms with Crippen molar-refractivity contribution in [2.75, 3.05) is 6.54 Å². The molecule has 1 aromatic heterocycles. The van der Waals surface area contributed by atoms with E-state index < -0.39 is 0 Å². The molecular weight excluding hydrogens is 278 g/mol. The summed E-state index contributed by atoms with van der Waals surface area (Å²) < 4.78 is 5.41. The van der Waals surface area contributed by atoms with Crippen molar-refractivity contribution < 1.29 is 9.32 Å². The molecule has 0 aliphatic heterocycles. The summed E-state index contributed by atoms with van der Waals surface area (Å²) in [6.07, 6.45) is 2.85. The van der Waals surface area contributed by atoms with Gasteiger partial charge in [0.15, 0.2) is 0 Å². The van der Waals surface area contributed by atoms with Gasteiger partial charge in [-0.1, -0.05) is 32.9 Å². The highest BCUT2D eigenvalue weighted by atomic mass is 16.5. The Hall–Kier alpha value is -1.52. The number of nitrogens with zero attached hydrogens (tertiary/aromatic N) is 1. The van der Waals surface area contributed by atoms with Gasteiger partial charge in [-0.2, -0.15) is 0 Å². The minimum atomic E-state index is -0.0697. The van der Waals surface area contributed by atoms with Crippen LogP contribution in [0.4, 0.5) is 4.79 Å². The summed E-state index contributed by atoms with van der Waals surface area (Å²) in [6, 6.07) is 2.24. The van der Waals surface area contributed by atoms with Gasteiger partial charge in [-0.15, -0.1) is 0 Å². The number of urea groups is 1. The Kier molecular flexibility index (Phi) is 5.14. The number of carbonyl (C=O) groups is 1. The van der Waals surface area contributed by atoms with Crippen LogP contribution in [0.25, 0.3) is 0 Å². The van der Waals surface area contributed by atoms with Crippen LogP contribution in [-0.4, -0.2) is 23.8 Å². The maximum atomic E-state index is 11.7. The SMILES string of the molecule is CCNC(=O)N[C@H]1C[C@@H](Cc2cc(CC(C)C)on2)C1(C)C. The van der Waals surface area contributed by atoms with Crippen molar-refractivity contribution in [2.24, 2.45) is 17.3 Å². The van der Waals surface area contributed by atoms with Crippen molar-refractivity contribution >= 4 is 6.03 Å². The van der Waals surface area contributed by atoms with Crippen molar-refractivity contribution in [1.82, 2.24) is 15.8 Å². The molecule has 1 heterocycles. The van der Waals surface area contributed by atoms with Crippen molar-refractivity contribution in [1.29, 1.82) is 0 Å². The number of rotatable bonds is 6. The lowest BCUT2D eigenvalue weighted by Gasteiger charge is -2.52. The highest BCUT2D eigenvalue weighted by Gasteiger charge is 2.48. The third kappa shape index (κ3) is 3.81. The molecule has 2 amide bonds. The van der Waals surface area contributed by atoms with Crippen molar-refractivity contribution in [3.8, 4) is 0 Å². The van der Waals surface area contributed by atoms with Crippen LogP contribution in [0.1, 0.15) is 52.5 Å². The first kappa shape index (κ1) is 16.8. The van der Waals surface area contributed by atoms with Crippen LogP contribution in [-0.2, 0) is 12.8 Å². The number of hydrogen-bond acceptors (Lipinski definition) is 3. The van der Waals surface area contributed by atoms with Gasteiger partial charge in [0, 0.05) is 25.1 Å². The van der Waals surface area contributed by atoms with E-state index in [1.165, 1.54) is 0 Å². The highest BCUT2D eigenvalue weighted by Crippen LogP contribution is 2.47. The molecule has 2 rings (SSSR count). The monoisotopic (exact) mass is 307 g/mol. The van der Waals surface area contributed by atoms with Crippen molar-refractivity contribution in [3.63, 3.8) is 0 Å². The number of amides is 2. The third-order valence-electron chi connectivity index (χ3n) is 4.79. The molecule has 124 valence electrons. The van der Waals surface area contributed by atoms with E-state index >= 15 is 0 Å². The van der Waals surface area contributed by atoms with E-state index in [-0.39, 0.29) is 17.5 Å². The third-order valence-corrected chi connectivity index (χ3v) is 4.79. The lowest BCUT2D eigenvalue weighted by atomic mass is 9.57. The Labute approximate surface area is 133 Å². The lowest BCUT2D eigenvalue weighted by molar-refractivity contribution is 0.0201. The Morgan fingerprint density at radius 3 is 2.82 bits per heavy atom. The van der Waals surface area contributed by atoms with Crippen LogP contribution < -0.4 is 10.6 Å². The minimum absolute atomic E-state index is 0.0697. The van der Waals surface area contributed by atoms with E-state index in [9.17, 15) is 4.79 Å². The number of aromatic nitrogens is 1. The fourth-order valence-electron chi connectivity index (χ4n) is 3.18. The van der Waals surface area contributed by atoms with Gasteiger partial charge >= 0.3 is 6.03 Å². The molecule has 1 fully saturated rings. The molecule has 0 radical (unpaired) electrons. The molecule has 0 bridgehead atoms. The van der Waals surface area contributed by atoms with Crippen LogP contribution in [0.5, 0.6) is 0 Å². The molecule has 0 spiro atoms. The van der Waals surface area contributed by atoms with Crippen LogP contribution >= 0.6 is 0 Å². The first-order valence-electron chi connectivity index (χ1n) is 8.31. The van der Waals surface area contributed by atoms with E-state index in [1.807, 2.05) is 6.92 Å². The fourth-order valence-corrected chi connectivity index (χ4v) is 3.18. The summed E-state index contributed by atoms with van der Waals surface area (Å²) in [5.41, 5.74) is 1.12. The summed E-state index contributed by atoms with van der Waals surface area (Å²) >= 11 is 0. The lowest BCUT2D eigenvalue weighted by Crippen LogP contribution is -2.60. The van der Waals surface area contributed by atoms with Gasteiger partial charge < -0.3 is 15.2 Å². The largest absolute Gasteiger partial charge is 0.361 e. The summed E-state index contributed by atoms with van der Waals surface area (Å²) in [4.78, 5) is 11.7. The molecule has 2 N–H and O–H groups in total. The number of hydrogen-bond donors (Lipinski definition) is 2. The molecular formula is C17H29N3O2. The molecule has 5 nitrogen and oxygen atoms in total. The molecule has 0 saturated heterocycles. The summed E-state index contributed by atoms with van der Waals surface area (Å²) in [7, 11) is 0. The highest BCUT2D eigenvalue weighted by molar-refractivity contribution is 5.74. The van der Waals surface area contributed by atoms with Gasteiger partial charge in [-0.05, 0) is 37.0 Å². The second-order valence-corrected chi connectivity index (χ2v) is 7.40. The normalized spacial score (nSPS) is 23.2. The topological polar surface area (TPSA) is 67.2 Å². The summed E-state index contributed by atoms with van der Waals surface area (Å²) in [5.74, 6) is 2.07. The van der Waals surface area contributed by atoms with Crippen LogP contribution in [0.15, 0.2) is 10.6 Å². The van der Waals surface area contributed by atoms with Gasteiger partial charge in [0.05, 0.1) is 5.69 Å². The molecule has 0 unspecified atom stereocenters. The van der Waals surface area contributed by atoms with Crippen molar-refractivity contribution in [2.45, 2.75) is 59.9 Å². The summed E-state index contributed by atoms with van der Waals surface area (Å²) in [5, 5.41) is 10.0. The van der Waals surface area contributed by atoms with Gasteiger partial charge in [0.25, 0.3) is 0 Å². The van der Waals surface area contributed by atoms with E-state index in [0.29, 0.717) is 18.4 Å². The van der Waals surface area contributed by atoms with E-state index in [1.54, 1.807) is 0 Å². The molecule has 22 heavy (non-hydrogen) atoms. The zero-order valence-corrected chi connectivity index (χ0v) is 14.4. The maximum absolute atomic E-state index is 11.7. The van der Waals surface area contributed by atoms with Crippen LogP contribution in [0.3, 0.4) is 0 Å². The van der Waals surface area contributed by atoms with E-state index in [2.05, 4.69) is 49.6 Å². The second-order valence-electron chi connectivity index (χ2n) is 7.40. The average molecular weight is 307 g/mol. The van der Waals surface area contributed by atoms with Crippen LogP contribution in [0.2, 0.25) is 0 Å². The van der Waals surface area contributed by atoms with Crippen LogP contribution in [0, 0.1) is 17.3 Å². The molecule has 1 aromatic rings. The Balaban J connectivity index is 1.87.